The quantitative estimate of drug-likeness (QED) is 0.0149. The molecule has 0 radical (unpaired) electrons. The third-order valence-corrected chi connectivity index (χ3v) is 11.8. The Balaban J connectivity index is 2.43. The fraction of sp³-hybridized carbons (Fsp3) is 0.909. The van der Waals surface area contributed by atoms with Crippen LogP contribution in [0.15, 0.2) is 12.2 Å². The van der Waals surface area contributed by atoms with Crippen LogP contribution in [0.3, 0.4) is 0 Å². The number of rotatable bonds is 38. The summed E-state index contributed by atoms with van der Waals surface area (Å²) in [7, 11) is -5.11. The first-order chi connectivity index (χ1) is 27.9. The molecule has 8 atom stereocenters. The number of phosphoric ester groups is 1. The highest BCUT2D eigenvalue weighted by Crippen LogP contribution is 2.47. The maximum Gasteiger partial charge on any atom is 0.472 e. The molecular formula is C44H83O13P. The summed E-state index contributed by atoms with van der Waals surface area (Å²) in [6.07, 6.45) is 22.8. The molecule has 342 valence electrons. The predicted molar refractivity (Wildman–Crippen MR) is 226 cm³/mol. The number of carbonyl (C=O) groups is 2. The van der Waals surface area contributed by atoms with Gasteiger partial charge in [-0.2, -0.15) is 0 Å². The standard InChI is InChI=1S/C44H83O13P/c1-3-5-7-9-11-13-15-16-17-18-19-20-21-22-23-25-27-29-31-33-38(46)56-36(34-54-37(45)32-30-28-26-24-14-12-10-8-6-4-2)35-55-58(52,53)57-44-42(50)40(48)39(47)41(49)43(44)51/h18-19,36,39-44,47-51H,3-17,20-35H2,1-2H3,(H,52,53)/b19-18-/t36-,39?,40-,41?,42?,43?,44?/m1/s1. The van der Waals surface area contributed by atoms with Gasteiger partial charge in [0.05, 0.1) is 6.61 Å². The zero-order valence-electron chi connectivity index (χ0n) is 36.1. The topological polar surface area (TPSA) is 210 Å². The van der Waals surface area contributed by atoms with Crippen molar-refractivity contribution >= 4 is 19.8 Å². The second-order valence-electron chi connectivity index (χ2n) is 16.3. The summed E-state index contributed by atoms with van der Waals surface area (Å²) in [6, 6.07) is 0. The largest absolute Gasteiger partial charge is 0.472 e. The first-order valence-electron chi connectivity index (χ1n) is 23.0. The van der Waals surface area contributed by atoms with Gasteiger partial charge in [0.1, 0.15) is 43.2 Å². The summed E-state index contributed by atoms with van der Waals surface area (Å²) >= 11 is 0. The van der Waals surface area contributed by atoms with Crippen LogP contribution in [-0.2, 0) is 32.7 Å². The molecule has 6 unspecified atom stereocenters. The van der Waals surface area contributed by atoms with E-state index in [0.717, 1.165) is 51.4 Å². The second-order valence-corrected chi connectivity index (χ2v) is 17.7. The lowest BCUT2D eigenvalue weighted by Crippen LogP contribution is -2.64. The zero-order valence-corrected chi connectivity index (χ0v) is 37.0. The molecule has 13 nitrogen and oxygen atoms in total. The molecule has 58 heavy (non-hydrogen) atoms. The van der Waals surface area contributed by atoms with Gasteiger partial charge < -0.3 is 39.9 Å². The van der Waals surface area contributed by atoms with Crippen LogP contribution in [0.25, 0.3) is 0 Å². The highest BCUT2D eigenvalue weighted by Gasteiger charge is 2.51. The molecule has 0 aromatic carbocycles. The molecule has 0 aromatic rings. The number of aliphatic hydroxyl groups excluding tert-OH is 5. The maximum atomic E-state index is 12.8. The highest BCUT2D eigenvalue weighted by atomic mass is 31.2. The summed E-state index contributed by atoms with van der Waals surface area (Å²) in [5.41, 5.74) is 0. The Hall–Kier alpha value is -1.41. The predicted octanol–water partition coefficient (Wildman–Crippen LogP) is 8.67. The van der Waals surface area contributed by atoms with Crippen LogP contribution in [0, 0.1) is 0 Å². The molecule has 0 saturated heterocycles. The third kappa shape index (κ3) is 27.4. The van der Waals surface area contributed by atoms with Gasteiger partial charge in [-0.25, -0.2) is 4.57 Å². The molecule has 1 fully saturated rings. The number of phosphoric acid groups is 1. The van der Waals surface area contributed by atoms with Crippen LogP contribution in [0.4, 0.5) is 0 Å². The minimum absolute atomic E-state index is 0.0958. The van der Waals surface area contributed by atoms with Crippen LogP contribution < -0.4 is 0 Å². The molecule has 0 heterocycles. The molecule has 0 spiro atoms. The van der Waals surface area contributed by atoms with Gasteiger partial charge in [-0.15, -0.1) is 0 Å². The minimum atomic E-state index is -5.11. The van der Waals surface area contributed by atoms with Crippen molar-refractivity contribution in [2.45, 2.75) is 243 Å². The van der Waals surface area contributed by atoms with Gasteiger partial charge in [0, 0.05) is 12.8 Å². The Labute approximate surface area is 350 Å². The van der Waals surface area contributed by atoms with E-state index < -0.39 is 75.7 Å². The van der Waals surface area contributed by atoms with Crippen molar-refractivity contribution in [3.8, 4) is 0 Å². The van der Waals surface area contributed by atoms with Crippen molar-refractivity contribution < 1.29 is 63.1 Å². The van der Waals surface area contributed by atoms with E-state index in [-0.39, 0.29) is 12.8 Å². The van der Waals surface area contributed by atoms with Crippen molar-refractivity contribution in [2.24, 2.45) is 0 Å². The van der Waals surface area contributed by atoms with E-state index in [9.17, 15) is 44.6 Å². The summed E-state index contributed by atoms with van der Waals surface area (Å²) in [5.74, 6) is -1.10. The first-order valence-corrected chi connectivity index (χ1v) is 24.5. The summed E-state index contributed by atoms with van der Waals surface area (Å²) in [4.78, 5) is 35.6. The molecule has 0 bridgehead atoms. The van der Waals surface area contributed by atoms with Gasteiger partial charge in [-0.3, -0.25) is 18.6 Å². The van der Waals surface area contributed by atoms with E-state index in [2.05, 4.69) is 26.0 Å². The fourth-order valence-corrected chi connectivity index (χ4v) is 8.08. The van der Waals surface area contributed by atoms with E-state index in [1.54, 1.807) is 0 Å². The van der Waals surface area contributed by atoms with Gasteiger partial charge in [0.2, 0.25) is 0 Å². The molecule has 1 aliphatic rings. The van der Waals surface area contributed by atoms with Crippen molar-refractivity contribution in [3.63, 3.8) is 0 Å². The monoisotopic (exact) mass is 851 g/mol. The van der Waals surface area contributed by atoms with Crippen LogP contribution in [0.5, 0.6) is 0 Å². The third-order valence-electron chi connectivity index (χ3n) is 10.9. The average Bonchev–Trinajstić information content (AvgIpc) is 3.20. The molecular weight excluding hydrogens is 767 g/mol. The van der Waals surface area contributed by atoms with E-state index in [1.165, 1.54) is 109 Å². The molecule has 1 saturated carbocycles. The molecule has 0 amide bonds. The van der Waals surface area contributed by atoms with Gasteiger partial charge >= 0.3 is 19.8 Å². The zero-order chi connectivity index (χ0) is 42.9. The number of ether oxygens (including phenoxy) is 2. The Morgan fingerprint density at radius 1 is 0.517 bits per heavy atom. The number of unbranched alkanes of at least 4 members (excludes halogenated alkanes) is 24. The Kier molecular flexibility index (Phi) is 33.2. The van der Waals surface area contributed by atoms with E-state index in [4.69, 9.17) is 18.5 Å². The van der Waals surface area contributed by atoms with E-state index >= 15 is 0 Å². The summed E-state index contributed by atoms with van der Waals surface area (Å²) in [5, 5.41) is 50.1. The SMILES string of the molecule is CCCCCCCCCC/C=C\CCCCCCCCCC(=O)O[C@H](COC(=O)CCCCCCCCCCCC)COP(=O)(O)OC1C(O)C(O)C(O)[C@@H](O)C1O. The van der Waals surface area contributed by atoms with Gasteiger partial charge in [0.15, 0.2) is 6.10 Å². The van der Waals surface area contributed by atoms with Crippen molar-refractivity contribution in [1.29, 1.82) is 0 Å². The average molecular weight is 851 g/mol. The fourth-order valence-electron chi connectivity index (χ4n) is 7.11. The molecule has 1 aliphatic carbocycles. The van der Waals surface area contributed by atoms with Gasteiger partial charge in [0.25, 0.3) is 0 Å². The normalized spacial score (nSPS) is 22.6. The van der Waals surface area contributed by atoms with Crippen molar-refractivity contribution in [1.82, 2.24) is 0 Å². The number of hydrogen-bond donors (Lipinski definition) is 6. The Morgan fingerprint density at radius 3 is 1.31 bits per heavy atom. The smallest absolute Gasteiger partial charge is 0.462 e. The maximum absolute atomic E-state index is 12.8. The Morgan fingerprint density at radius 2 is 0.879 bits per heavy atom. The van der Waals surface area contributed by atoms with Crippen LogP contribution in [-0.4, -0.2) is 98.3 Å². The number of aliphatic hydroxyl groups is 5. The molecule has 0 aliphatic heterocycles. The summed E-state index contributed by atoms with van der Waals surface area (Å²) < 4.78 is 33.5. The van der Waals surface area contributed by atoms with Gasteiger partial charge in [-0.1, -0.05) is 161 Å². The molecule has 0 aromatic heterocycles. The molecule has 14 heteroatoms. The number of esters is 2. The highest BCUT2D eigenvalue weighted by molar-refractivity contribution is 7.47. The number of hydrogen-bond acceptors (Lipinski definition) is 12. The molecule has 6 N–H and O–H groups in total. The minimum Gasteiger partial charge on any atom is -0.462 e. The second kappa shape index (κ2) is 35.2. The lowest BCUT2D eigenvalue weighted by Gasteiger charge is -2.41. The first kappa shape index (κ1) is 54.6. The lowest BCUT2D eigenvalue weighted by atomic mass is 9.85. The van der Waals surface area contributed by atoms with Crippen LogP contribution >= 0.6 is 7.82 Å². The van der Waals surface area contributed by atoms with Gasteiger partial charge in [-0.05, 0) is 38.5 Å². The van der Waals surface area contributed by atoms with Crippen LogP contribution in [0.2, 0.25) is 0 Å². The van der Waals surface area contributed by atoms with E-state index in [0.29, 0.717) is 12.8 Å². The molecule has 1 rings (SSSR count). The van der Waals surface area contributed by atoms with Crippen molar-refractivity contribution in [3.05, 3.63) is 12.2 Å². The Bertz CT molecular complexity index is 1080. The van der Waals surface area contributed by atoms with Crippen LogP contribution in [0.1, 0.15) is 200 Å². The summed E-state index contributed by atoms with van der Waals surface area (Å²) in [6.45, 7) is 3.28. The number of allylic oxidation sites excluding steroid dienone is 2. The number of carbonyl (C=O) groups excluding carboxylic acids is 2. The van der Waals surface area contributed by atoms with E-state index in [1.807, 2.05) is 0 Å². The van der Waals surface area contributed by atoms with Crippen molar-refractivity contribution in [2.75, 3.05) is 13.2 Å². The lowest BCUT2D eigenvalue weighted by molar-refractivity contribution is -0.220.